The van der Waals surface area contributed by atoms with E-state index < -0.39 is 81.8 Å². The predicted octanol–water partition coefficient (Wildman–Crippen LogP) is 11.6. The van der Waals surface area contributed by atoms with Gasteiger partial charge in [-0.1, -0.05) is 41.9 Å². The Morgan fingerprint density at radius 2 is 1.64 bits per heavy atom. The fourth-order valence-corrected chi connectivity index (χ4v) is 10.1. The van der Waals surface area contributed by atoms with E-state index in [-0.39, 0.29) is 79.6 Å². The summed E-state index contributed by atoms with van der Waals surface area (Å²) in [5.74, 6) is -0.115. The Labute approximate surface area is 434 Å². The molecule has 398 valence electrons. The van der Waals surface area contributed by atoms with Gasteiger partial charge < -0.3 is 38.2 Å². The molecule has 0 unspecified atom stereocenters. The van der Waals surface area contributed by atoms with E-state index in [1.54, 1.807) is 78.8 Å². The molecule has 0 radical (unpaired) electrons. The number of morpholine rings is 1. The molecule has 0 aliphatic carbocycles. The largest absolute Gasteiger partial charge is 0.497 e. The maximum absolute atomic E-state index is 18.2. The summed E-state index contributed by atoms with van der Waals surface area (Å²) in [6.45, 7) is 7.28. The Morgan fingerprint density at radius 1 is 0.973 bits per heavy atom. The Kier molecular flexibility index (Phi) is 14.9. The van der Waals surface area contributed by atoms with E-state index in [1.807, 2.05) is 24.3 Å². The molecule has 6 aromatic rings. The first-order valence-corrected chi connectivity index (χ1v) is 24.6. The SMILES string of the molecule is COc1ccc(CN(Cc2ccc(OC)cc2)c2cc(C)c(C(F)(F)F)c(-c3c(Cl)c4c5c(nc(OC[C@@H]6CC[C@H]7COC(F)(F)CN67)nc5c3F)N([C@H](C)c3cccnc3NC(=O)OC(C)(C)C)CCO4)n2)cc1. The second kappa shape index (κ2) is 21.1. The number of alkyl halides is 5. The zero-order valence-electron chi connectivity index (χ0n) is 42.2. The zero-order chi connectivity index (χ0) is 53.6. The number of aromatic nitrogens is 4. The van der Waals surface area contributed by atoms with Crippen molar-refractivity contribution in [2.75, 3.05) is 62.2 Å². The number of carbonyl (C=O) groups is 1. The highest BCUT2D eigenvalue weighted by molar-refractivity contribution is 6.36. The van der Waals surface area contributed by atoms with Crippen LogP contribution in [0.2, 0.25) is 5.02 Å². The summed E-state index contributed by atoms with van der Waals surface area (Å²) in [5, 5.41) is 2.08. The van der Waals surface area contributed by atoms with E-state index in [2.05, 4.69) is 20.3 Å². The molecule has 22 heteroatoms. The van der Waals surface area contributed by atoms with Crippen LogP contribution in [-0.4, -0.2) is 102 Å². The van der Waals surface area contributed by atoms with E-state index in [9.17, 15) is 13.6 Å². The van der Waals surface area contributed by atoms with E-state index in [1.165, 1.54) is 33.4 Å². The molecular formula is C53H55ClF6N8O7. The predicted molar refractivity (Wildman–Crippen MR) is 269 cm³/mol. The Bertz CT molecular complexity index is 3030. The lowest BCUT2D eigenvalue weighted by Crippen LogP contribution is -2.53. The number of hydrogen-bond acceptors (Lipinski definition) is 14. The monoisotopic (exact) mass is 1060 g/mol. The van der Waals surface area contributed by atoms with Crippen LogP contribution in [0.1, 0.15) is 74.4 Å². The van der Waals surface area contributed by atoms with E-state index in [4.69, 9.17) is 45.0 Å². The van der Waals surface area contributed by atoms with Crippen LogP contribution in [0.4, 0.5) is 48.6 Å². The van der Waals surface area contributed by atoms with Gasteiger partial charge in [-0.25, -0.2) is 19.2 Å². The second-order valence-electron chi connectivity index (χ2n) is 19.6. The van der Waals surface area contributed by atoms with Crippen LogP contribution in [0.15, 0.2) is 72.9 Å². The summed E-state index contributed by atoms with van der Waals surface area (Å²) in [6, 6.07) is 17.0. The van der Waals surface area contributed by atoms with Crippen LogP contribution in [-0.2, 0) is 28.7 Å². The lowest BCUT2D eigenvalue weighted by Gasteiger charge is -2.37. The average molecular weight is 1070 g/mol. The number of ether oxygens (including phenoxy) is 6. The van der Waals surface area contributed by atoms with Gasteiger partial charge in [0.15, 0.2) is 11.6 Å². The molecule has 1 amide bonds. The lowest BCUT2D eigenvalue weighted by atomic mass is 9.98. The number of nitrogens with one attached hydrogen (secondary N) is 1. The lowest BCUT2D eigenvalue weighted by molar-refractivity contribution is -0.281. The molecule has 0 saturated carbocycles. The quantitative estimate of drug-likeness (QED) is 0.103. The highest BCUT2D eigenvalue weighted by atomic mass is 35.5. The molecule has 1 N–H and O–H groups in total. The summed E-state index contributed by atoms with van der Waals surface area (Å²) in [7, 11) is 3.06. The van der Waals surface area contributed by atoms with Gasteiger partial charge >= 0.3 is 24.4 Å². The summed E-state index contributed by atoms with van der Waals surface area (Å²) in [4.78, 5) is 36.5. The van der Waals surface area contributed by atoms with Gasteiger partial charge in [0.1, 0.15) is 53.3 Å². The highest BCUT2D eigenvalue weighted by Crippen LogP contribution is 2.51. The van der Waals surface area contributed by atoms with Gasteiger partial charge in [0.2, 0.25) is 0 Å². The van der Waals surface area contributed by atoms with Crippen LogP contribution in [0.3, 0.4) is 0 Å². The van der Waals surface area contributed by atoms with E-state index in [0.29, 0.717) is 29.9 Å². The number of nitrogens with zero attached hydrogens (tertiary/aromatic N) is 7. The molecule has 15 nitrogen and oxygen atoms in total. The van der Waals surface area contributed by atoms with Crippen molar-refractivity contribution in [1.29, 1.82) is 0 Å². The van der Waals surface area contributed by atoms with Crippen molar-refractivity contribution in [2.24, 2.45) is 0 Å². The van der Waals surface area contributed by atoms with Crippen LogP contribution in [0.25, 0.3) is 22.2 Å². The van der Waals surface area contributed by atoms with Gasteiger partial charge in [0, 0.05) is 36.9 Å². The molecule has 9 rings (SSSR count). The fraction of sp³-hybridized carbons (Fsp3) is 0.415. The molecule has 0 bridgehead atoms. The number of aryl methyl sites for hydroxylation is 1. The molecular weight excluding hydrogens is 1010 g/mol. The van der Waals surface area contributed by atoms with Gasteiger partial charge in [0.25, 0.3) is 0 Å². The Morgan fingerprint density at radius 3 is 2.27 bits per heavy atom. The first-order valence-electron chi connectivity index (χ1n) is 24.2. The summed E-state index contributed by atoms with van der Waals surface area (Å²) in [5.41, 5.74) is -2.46. The molecule has 3 aromatic heterocycles. The third kappa shape index (κ3) is 11.4. The summed E-state index contributed by atoms with van der Waals surface area (Å²) >= 11 is 7.22. The van der Waals surface area contributed by atoms with Crippen molar-refractivity contribution in [3.8, 4) is 34.5 Å². The molecule has 6 heterocycles. The van der Waals surface area contributed by atoms with Crippen molar-refractivity contribution in [3.63, 3.8) is 0 Å². The molecule has 75 heavy (non-hydrogen) atoms. The van der Waals surface area contributed by atoms with Crippen molar-refractivity contribution in [2.45, 2.75) is 96.6 Å². The molecule has 3 aliphatic heterocycles. The maximum atomic E-state index is 18.2. The van der Waals surface area contributed by atoms with Crippen molar-refractivity contribution < 1.29 is 59.6 Å². The highest BCUT2D eigenvalue weighted by Gasteiger charge is 2.47. The van der Waals surface area contributed by atoms with Crippen molar-refractivity contribution in [3.05, 3.63) is 112 Å². The minimum absolute atomic E-state index is 0.00993. The molecule has 2 saturated heterocycles. The number of methoxy groups -OCH3 is 2. The fourth-order valence-electron chi connectivity index (χ4n) is 9.76. The topological polar surface area (TPSA) is 146 Å². The first kappa shape index (κ1) is 53.0. The smallest absolute Gasteiger partial charge is 0.418 e. The number of rotatable bonds is 14. The number of halogens is 7. The maximum Gasteiger partial charge on any atom is 0.418 e. The van der Waals surface area contributed by atoms with Gasteiger partial charge in [-0.05, 0) is 101 Å². The number of carbonyl (C=O) groups excluding carboxylic acids is 1. The van der Waals surface area contributed by atoms with Crippen LogP contribution in [0.5, 0.6) is 23.3 Å². The first-order chi connectivity index (χ1) is 35.6. The van der Waals surface area contributed by atoms with Crippen LogP contribution >= 0.6 is 11.6 Å². The number of amides is 1. The Hall–Kier alpha value is -6.84. The molecule has 3 aliphatic rings. The van der Waals surface area contributed by atoms with Crippen molar-refractivity contribution in [1.82, 2.24) is 24.8 Å². The minimum atomic E-state index is -5.08. The number of anilines is 3. The molecule has 2 fully saturated rings. The Balaban J connectivity index is 1.21. The number of fused-ring (bicyclic) bond motifs is 1. The number of hydrogen-bond donors (Lipinski definition) is 1. The third-order valence-electron chi connectivity index (χ3n) is 13.3. The van der Waals surface area contributed by atoms with Gasteiger partial charge in [-0.3, -0.25) is 10.2 Å². The van der Waals surface area contributed by atoms with E-state index >= 15 is 17.6 Å². The zero-order valence-corrected chi connectivity index (χ0v) is 42.9. The van der Waals surface area contributed by atoms with Gasteiger partial charge in [-0.2, -0.15) is 31.9 Å². The standard InChI is InChI=1S/C53H55ClF6N8O7/c1-29-23-38(66(24-31-10-16-35(70-6)17-11-31)25-32-12-18-36(71-7)19-13-32)62-44(41(29)53(58,59)60)39-42(54)46-40-45(43(39)55)63-49(73-26-33-14-15-34-27-74-52(56,57)28-68(33)34)65-48(40)67(21-22-72-46)30(2)37-9-8-20-61-47(37)64-50(69)75-51(3,4)5/h8-13,16-20,23,30,33-34H,14-15,21-22,24-28H2,1-7H3,(H,61,64,69)/t30-,33+,34+/m1/s1. The van der Waals surface area contributed by atoms with E-state index in [0.717, 1.165) is 11.1 Å². The summed E-state index contributed by atoms with van der Waals surface area (Å²) in [6.07, 6.45) is -6.76. The number of pyridine rings is 2. The molecule has 0 spiro atoms. The van der Waals surface area contributed by atoms with Crippen LogP contribution in [0, 0.1) is 12.7 Å². The molecule has 3 atom stereocenters. The third-order valence-corrected chi connectivity index (χ3v) is 13.7. The average Bonchev–Trinajstić information content (AvgIpc) is 3.65. The van der Waals surface area contributed by atoms with Gasteiger partial charge in [-0.15, -0.1) is 0 Å². The van der Waals surface area contributed by atoms with Crippen LogP contribution < -0.4 is 34.1 Å². The van der Waals surface area contributed by atoms with Gasteiger partial charge in [0.05, 0.1) is 67.2 Å². The summed E-state index contributed by atoms with van der Waals surface area (Å²) < 4.78 is 128. The van der Waals surface area contributed by atoms with Crippen molar-refractivity contribution >= 4 is 46.1 Å². The normalized spacial score (nSPS) is 17.9. The molecule has 3 aromatic carbocycles. The number of benzene rings is 3. The second-order valence-corrected chi connectivity index (χ2v) is 19.9. The minimum Gasteiger partial charge on any atom is -0.497 e.